The van der Waals surface area contributed by atoms with Gasteiger partial charge in [-0.2, -0.15) is 0 Å². The lowest BCUT2D eigenvalue weighted by molar-refractivity contribution is -0.142. The molecular formula is C15H28N2O4. The van der Waals surface area contributed by atoms with Crippen molar-refractivity contribution in [3.05, 3.63) is 0 Å². The summed E-state index contributed by atoms with van der Waals surface area (Å²) in [6.45, 7) is 3.94. The Kier molecular flexibility index (Phi) is 10.3. The summed E-state index contributed by atoms with van der Waals surface area (Å²) in [7, 11) is 0. The van der Waals surface area contributed by atoms with Crippen molar-refractivity contribution >= 4 is 17.8 Å². The number of hydrogen-bond donors (Lipinski definition) is 3. The molecule has 21 heavy (non-hydrogen) atoms. The Morgan fingerprint density at radius 2 is 1.71 bits per heavy atom. The molecule has 0 aliphatic heterocycles. The van der Waals surface area contributed by atoms with E-state index in [9.17, 15) is 14.4 Å². The summed E-state index contributed by atoms with van der Waals surface area (Å²) < 4.78 is 0. The molecular weight excluding hydrogens is 272 g/mol. The molecule has 122 valence electrons. The maximum Gasteiger partial charge on any atom is 0.326 e. The van der Waals surface area contributed by atoms with E-state index in [-0.39, 0.29) is 24.7 Å². The minimum Gasteiger partial charge on any atom is -0.480 e. The number of rotatable bonds is 12. The van der Waals surface area contributed by atoms with Gasteiger partial charge in [-0.25, -0.2) is 4.79 Å². The smallest absolute Gasteiger partial charge is 0.326 e. The third kappa shape index (κ3) is 9.87. The second kappa shape index (κ2) is 11.1. The van der Waals surface area contributed by atoms with Crippen molar-refractivity contribution in [2.24, 2.45) is 11.7 Å². The Morgan fingerprint density at radius 1 is 1.10 bits per heavy atom. The average molecular weight is 300 g/mol. The molecule has 0 heterocycles. The first-order valence-corrected chi connectivity index (χ1v) is 7.70. The summed E-state index contributed by atoms with van der Waals surface area (Å²) in [5.41, 5.74) is 4.99. The minimum atomic E-state index is -1.14. The zero-order valence-electron chi connectivity index (χ0n) is 13.1. The van der Waals surface area contributed by atoms with Crippen LogP contribution in [0.5, 0.6) is 0 Å². The highest BCUT2D eigenvalue weighted by Gasteiger charge is 2.23. The van der Waals surface area contributed by atoms with Gasteiger partial charge in [-0.15, -0.1) is 0 Å². The van der Waals surface area contributed by atoms with Crippen LogP contribution in [-0.2, 0) is 14.4 Å². The number of aliphatic carboxylic acids is 1. The molecule has 0 aromatic heterocycles. The number of unbranched alkanes of at least 4 members (excludes halogenated alkanes) is 4. The molecule has 0 spiro atoms. The highest BCUT2D eigenvalue weighted by Crippen LogP contribution is 2.12. The van der Waals surface area contributed by atoms with Gasteiger partial charge in [-0.1, -0.05) is 46.0 Å². The van der Waals surface area contributed by atoms with Gasteiger partial charge in [0.2, 0.25) is 11.8 Å². The van der Waals surface area contributed by atoms with Crippen LogP contribution in [0, 0.1) is 5.92 Å². The van der Waals surface area contributed by atoms with E-state index in [0.717, 1.165) is 19.3 Å². The van der Waals surface area contributed by atoms with Gasteiger partial charge in [-0.05, 0) is 12.8 Å². The van der Waals surface area contributed by atoms with Crippen LogP contribution in [0.25, 0.3) is 0 Å². The summed E-state index contributed by atoms with van der Waals surface area (Å²) in [5, 5.41) is 11.5. The Morgan fingerprint density at radius 3 is 2.24 bits per heavy atom. The van der Waals surface area contributed by atoms with E-state index >= 15 is 0 Å². The van der Waals surface area contributed by atoms with Crippen molar-refractivity contribution in [1.29, 1.82) is 0 Å². The van der Waals surface area contributed by atoms with Gasteiger partial charge in [0.05, 0.1) is 0 Å². The van der Waals surface area contributed by atoms with Crippen LogP contribution in [0.15, 0.2) is 0 Å². The molecule has 0 fully saturated rings. The van der Waals surface area contributed by atoms with Gasteiger partial charge in [0.15, 0.2) is 0 Å². The van der Waals surface area contributed by atoms with E-state index in [2.05, 4.69) is 12.2 Å². The fraction of sp³-hybridized carbons (Fsp3) is 0.800. The quantitative estimate of drug-likeness (QED) is 0.477. The predicted molar refractivity (Wildman–Crippen MR) is 80.5 cm³/mol. The van der Waals surface area contributed by atoms with E-state index in [1.54, 1.807) is 6.92 Å². The van der Waals surface area contributed by atoms with Crippen LogP contribution in [0.2, 0.25) is 0 Å². The highest BCUT2D eigenvalue weighted by molar-refractivity contribution is 5.85. The molecule has 0 radical (unpaired) electrons. The Hall–Kier alpha value is -1.59. The third-order valence-corrected chi connectivity index (χ3v) is 3.48. The van der Waals surface area contributed by atoms with Gasteiger partial charge in [0.1, 0.15) is 6.04 Å². The summed E-state index contributed by atoms with van der Waals surface area (Å²) in [5.74, 6) is -2.20. The maximum absolute atomic E-state index is 11.9. The third-order valence-electron chi connectivity index (χ3n) is 3.48. The second-order valence-corrected chi connectivity index (χ2v) is 5.51. The largest absolute Gasteiger partial charge is 0.480 e. The lowest BCUT2D eigenvalue weighted by atomic mass is 10.0. The van der Waals surface area contributed by atoms with E-state index in [0.29, 0.717) is 0 Å². The van der Waals surface area contributed by atoms with Gasteiger partial charge in [-0.3, -0.25) is 9.59 Å². The molecule has 6 heteroatoms. The minimum absolute atomic E-state index is 0.0274. The van der Waals surface area contributed by atoms with Crippen molar-refractivity contribution in [2.45, 2.75) is 71.3 Å². The van der Waals surface area contributed by atoms with Crippen molar-refractivity contribution in [3.63, 3.8) is 0 Å². The van der Waals surface area contributed by atoms with Crippen molar-refractivity contribution < 1.29 is 19.5 Å². The van der Waals surface area contributed by atoms with E-state index in [1.165, 1.54) is 19.3 Å². The topological polar surface area (TPSA) is 109 Å². The van der Waals surface area contributed by atoms with Crippen molar-refractivity contribution in [2.75, 3.05) is 0 Å². The number of carbonyl (C=O) groups excluding carboxylic acids is 2. The summed E-state index contributed by atoms with van der Waals surface area (Å²) in [4.78, 5) is 33.7. The van der Waals surface area contributed by atoms with Crippen molar-refractivity contribution in [1.82, 2.24) is 5.32 Å². The van der Waals surface area contributed by atoms with E-state index in [1.807, 2.05) is 0 Å². The Balaban J connectivity index is 4.10. The molecule has 0 aromatic carbocycles. The molecule has 4 N–H and O–H groups in total. The first-order valence-electron chi connectivity index (χ1n) is 7.70. The number of amides is 2. The first kappa shape index (κ1) is 19.4. The Bertz CT molecular complexity index is 345. The molecule has 2 atom stereocenters. The van der Waals surface area contributed by atoms with E-state index in [4.69, 9.17) is 10.8 Å². The molecule has 0 aliphatic rings. The molecule has 0 aromatic rings. The van der Waals surface area contributed by atoms with Crippen LogP contribution in [0.1, 0.15) is 65.2 Å². The summed E-state index contributed by atoms with van der Waals surface area (Å²) >= 11 is 0. The molecule has 2 amide bonds. The molecule has 0 saturated heterocycles. The monoisotopic (exact) mass is 300 g/mol. The van der Waals surface area contributed by atoms with Crippen LogP contribution >= 0.6 is 0 Å². The molecule has 0 bridgehead atoms. The molecule has 2 unspecified atom stereocenters. The van der Waals surface area contributed by atoms with Gasteiger partial charge in [0, 0.05) is 12.3 Å². The number of carbonyl (C=O) groups is 3. The fourth-order valence-electron chi connectivity index (χ4n) is 2.04. The number of primary amides is 1. The first-order chi connectivity index (χ1) is 9.88. The Labute approximate surface area is 126 Å². The standard InChI is InChI=1S/C15H28N2O4/c1-3-4-5-6-7-8-11(2)14(19)17-12(15(20)21)9-10-13(16)18/h11-12H,3-10H2,1-2H3,(H2,16,18)(H,17,19)(H,20,21). The van der Waals surface area contributed by atoms with Crippen molar-refractivity contribution in [3.8, 4) is 0 Å². The van der Waals surface area contributed by atoms with Crippen LogP contribution in [-0.4, -0.2) is 28.9 Å². The second-order valence-electron chi connectivity index (χ2n) is 5.51. The zero-order valence-corrected chi connectivity index (χ0v) is 13.1. The SMILES string of the molecule is CCCCCCCC(C)C(=O)NC(CCC(N)=O)C(=O)O. The molecule has 6 nitrogen and oxygen atoms in total. The fourth-order valence-corrected chi connectivity index (χ4v) is 2.04. The maximum atomic E-state index is 11.9. The molecule has 0 aliphatic carbocycles. The predicted octanol–water partition coefficient (Wildman–Crippen LogP) is 1.82. The van der Waals surface area contributed by atoms with E-state index < -0.39 is 17.9 Å². The average Bonchev–Trinajstić information content (AvgIpc) is 2.42. The lowest BCUT2D eigenvalue weighted by Crippen LogP contribution is -2.43. The van der Waals surface area contributed by atoms with Gasteiger partial charge >= 0.3 is 5.97 Å². The van der Waals surface area contributed by atoms with Crippen LogP contribution in [0.3, 0.4) is 0 Å². The highest BCUT2D eigenvalue weighted by atomic mass is 16.4. The van der Waals surface area contributed by atoms with Crippen LogP contribution < -0.4 is 11.1 Å². The number of carboxylic acids is 1. The number of nitrogens with two attached hydrogens (primary N) is 1. The number of hydrogen-bond acceptors (Lipinski definition) is 3. The molecule has 0 rings (SSSR count). The number of carboxylic acid groups (broad SMARTS) is 1. The summed E-state index contributed by atoms with van der Waals surface area (Å²) in [6.07, 6.45) is 6.33. The molecule has 0 saturated carbocycles. The number of nitrogens with one attached hydrogen (secondary N) is 1. The lowest BCUT2D eigenvalue weighted by Gasteiger charge is -2.17. The van der Waals surface area contributed by atoms with Gasteiger partial charge in [0.25, 0.3) is 0 Å². The normalized spacial score (nSPS) is 13.4. The van der Waals surface area contributed by atoms with Gasteiger partial charge < -0.3 is 16.2 Å². The van der Waals surface area contributed by atoms with Crippen LogP contribution in [0.4, 0.5) is 0 Å². The zero-order chi connectivity index (χ0) is 16.3. The summed E-state index contributed by atoms with van der Waals surface area (Å²) in [6, 6.07) is -1.05.